The molecule has 3 aromatic rings. The highest BCUT2D eigenvalue weighted by molar-refractivity contribution is 7.71. The van der Waals surface area contributed by atoms with Gasteiger partial charge in [0.2, 0.25) is 0 Å². The van der Waals surface area contributed by atoms with Crippen LogP contribution in [0.5, 0.6) is 0 Å². The molecule has 0 spiro atoms. The fourth-order valence-electron chi connectivity index (χ4n) is 3.30. The first-order chi connectivity index (χ1) is 13.1. The molecule has 27 heavy (non-hydrogen) atoms. The summed E-state index contributed by atoms with van der Waals surface area (Å²) < 4.78 is 4.64. The third-order valence-corrected chi connectivity index (χ3v) is 5.29. The minimum atomic E-state index is 0.426. The Labute approximate surface area is 164 Å². The molecule has 2 N–H and O–H groups in total. The van der Waals surface area contributed by atoms with E-state index in [9.17, 15) is 5.26 Å². The Kier molecular flexibility index (Phi) is 5.89. The number of aromatic nitrogens is 3. The minimum absolute atomic E-state index is 0.426. The Bertz CT molecular complexity index is 1040. The van der Waals surface area contributed by atoms with Crippen LogP contribution in [0, 0.1) is 16.1 Å². The van der Waals surface area contributed by atoms with E-state index in [2.05, 4.69) is 27.4 Å². The number of anilines is 1. The zero-order chi connectivity index (χ0) is 19.4. The van der Waals surface area contributed by atoms with Crippen molar-refractivity contribution < 1.29 is 0 Å². The number of nitrogens with two attached hydrogens (primary N) is 1. The number of benzene rings is 1. The number of imidazole rings is 1. The van der Waals surface area contributed by atoms with Crippen molar-refractivity contribution in [3.05, 3.63) is 52.4 Å². The summed E-state index contributed by atoms with van der Waals surface area (Å²) in [5.74, 6) is 0. The van der Waals surface area contributed by atoms with E-state index in [4.69, 9.17) is 18.0 Å². The van der Waals surface area contributed by atoms with E-state index >= 15 is 0 Å². The molecular weight excluding hydrogens is 356 g/mol. The van der Waals surface area contributed by atoms with Crippen LogP contribution in [0.15, 0.2) is 36.5 Å². The molecule has 0 saturated carbocycles. The molecule has 0 aliphatic carbocycles. The van der Waals surface area contributed by atoms with Gasteiger partial charge in [0.05, 0.1) is 30.5 Å². The number of rotatable bonds is 7. The molecule has 0 aliphatic rings. The van der Waals surface area contributed by atoms with E-state index in [-0.39, 0.29) is 0 Å². The summed E-state index contributed by atoms with van der Waals surface area (Å²) in [7, 11) is 1.92. The van der Waals surface area contributed by atoms with Gasteiger partial charge in [0.1, 0.15) is 5.52 Å². The summed E-state index contributed by atoms with van der Waals surface area (Å²) >= 11 is 5.70. The molecule has 7 heteroatoms. The molecule has 2 aromatic heterocycles. The summed E-state index contributed by atoms with van der Waals surface area (Å²) in [5.41, 5.74) is 10.4. The van der Waals surface area contributed by atoms with Crippen molar-refractivity contribution in [2.75, 3.05) is 18.1 Å². The summed E-state index contributed by atoms with van der Waals surface area (Å²) in [4.78, 5) is 6.71. The maximum atomic E-state index is 9.43. The topological polar surface area (TPSA) is 75.8 Å². The lowest BCUT2D eigenvalue weighted by atomic mass is 10.1. The van der Waals surface area contributed by atoms with Crippen LogP contribution in [0.3, 0.4) is 0 Å². The molecule has 6 nitrogen and oxygen atoms in total. The maximum absolute atomic E-state index is 9.43. The molecule has 0 atom stereocenters. The second-order valence-electron chi connectivity index (χ2n) is 6.50. The monoisotopic (exact) mass is 380 g/mol. The van der Waals surface area contributed by atoms with Crippen molar-refractivity contribution >= 4 is 29.1 Å². The maximum Gasteiger partial charge on any atom is 0.182 e. The molecule has 3 rings (SSSR count). The number of nitrogens with zero attached hydrogens (tertiary/aromatic N) is 5. The first-order valence-electron chi connectivity index (χ1n) is 9.09. The van der Waals surface area contributed by atoms with Crippen LogP contribution in [-0.4, -0.2) is 27.3 Å². The standard InChI is InChI=1S/C20H24N6S/c1-3-4-11-25(14-22)17-9-10-23-19-18(17)26(20(27)24(19)2)13-16-8-6-5-7-15(16)12-21/h5-10H,3-4,11,13-14,22H2,1-2H3. The Balaban J connectivity index is 2.19. The zero-order valence-electron chi connectivity index (χ0n) is 15.7. The van der Waals surface area contributed by atoms with Gasteiger partial charge >= 0.3 is 0 Å². The predicted octanol–water partition coefficient (Wildman–Crippen LogP) is 3.55. The van der Waals surface area contributed by atoms with E-state index in [0.717, 1.165) is 41.8 Å². The molecule has 0 radical (unpaired) electrons. The fraction of sp³-hybridized carbons (Fsp3) is 0.350. The van der Waals surface area contributed by atoms with Crippen LogP contribution in [-0.2, 0) is 13.6 Å². The van der Waals surface area contributed by atoms with Crippen molar-refractivity contribution in [1.82, 2.24) is 14.1 Å². The van der Waals surface area contributed by atoms with Crippen molar-refractivity contribution in [2.24, 2.45) is 12.8 Å². The second-order valence-corrected chi connectivity index (χ2v) is 6.86. The van der Waals surface area contributed by atoms with Gasteiger partial charge in [-0.15, -0.1) is 0 Å². The van der Waals surface area contributed by atoms with Crippen LogP contribution in [0.2, 0.25) is 0 Å². The average molecular weight is 381 g/mol. The number of aryl methyl sites for hydroxylation is 1. The van der Waals surface area contributed by atoms with E-state index in [1.165, 1.54) is 0 Å². The number of hydrogen-bond donors (Lipinski definition) is 1. The molecule has 0 bridgehead atoms. The van der Waals surface area contributed by atoms with Gasteiger partial charge in [0, 0.05) is 19.8 Å². The molecule has 0 saturated heterocycles. The van der Waals surface area contributed by atoms with Gasteiger partial charge in [-0.2, -0.15) is 5.26 Å². The van der Waals surface area contributed by atoms with Crippen molar-refractivity contribution in [3.8, 4) is 6.07 Å². The van der Waals surface area contributed by atoms with Gasteiger partial charge in [0.15, 0.2) is 10.4 Å². The Morgan fingerprint density at radius 2 is 2.07 bits per heavy atom. The van der Waals surface area contributed by atoms with Gasteiger partial charge in [0.25, 0.3) is 0 Å². The Hall–Kier alpha value is -2.69. The molecule has 1 aromatic carbocycles. The van der Waals surface area contributed by atoms with E-state index in [0.29, 0.717) is 23.5 Å². The molecular formula is C20H24N6S. The highest BCUT2D eigenvalue weighted by Crippen LogP contribution is 2.28. The molecule has 0 amide bonds. The first kappa shape index (κ1) is 19.1. The minimum Gasteiger partial charge on any atom is -0.357 e. The van der Waals surface area contributed by atoms with Crippen molar-refractivity contribution in [1.29, 1.82) is 5.26 Å². The van der Waals surface area contributed by atoms with E-state index < -0.39 is 0 Å². The quantitative estimate of drug-likeness (QED) is 0.501. The highest BCUT2D eigenvalue weighted by Gasteiger charge is 2.18. The number of pyridine rings is 1. The molecule has 0 fully saturated rings. The smallest absolute Gasteiger partial charge is 0.182 e. The molecule has 2 heterocycles. The lowest BCUT2D eigenvalue weighted by Gasteiger charge is -2.24. The van der Waals surface area contributed by atoms with Crippen LogP contribution < -0.4 is 10.6 Å². The molecule has 0 unspecified atom stereocenters. The van der Waals surface area contributed by atoms with Gasteiger partial charge in [-0.25, -0.2) is 4.98 Å². The number of nitriles is 1. The second kappa shape index (κ2) is 8.33. The number of fused-ring (bicyclic) bond motifs is 1. The predicted molar refractivity (Wildman–Crippen MR) is 111 cm³/mol. The number of unbranched alkanes of at least 4 members (excludes halogenated alkanes) is 1. The number of hydrogen-bond acceptors (Lipinski definition) is 5. The zero-order valence-corrected chi connectivity index (χ0v) is 16.5. The molecule has 0 aliphatic heterocycles. The SMILES string of the molecule is CCCCN(CN)c1ccnc2c1n(Cc1ccccc1C#N)c(=S)n2C. The van der Waals surface area contributed by atoms with Crippen LogP contribution in [0.25, 0.3) is 11.2 Å². The largest absolute Gasteiger partial charge is 0.357 e. The van der Waals surface area contributed by atoms with Crippen LogP contribution >= 0.6 is 12.2 Å². The fourth-order valence-corrected chi connectivity index (χ4v) is 3.55. The van der Waals surface area contributed by atoms with Gasteiger partial charge in [-0.05, 0) is 36.3 Å². The van der Waals surface area contributed by atoms with E-state index in [1.54, 1.807) is 6.20 Å². The lowest BCUT2D eigenvalue weighted by molar-refractivity contribution is 0.720. The summed E-state index contributed by atoms with van der Waals surface area (Å²) in [6, 6.07) is 11.9. The summed E-state index contributed by atoms with van der Waals surface area (Å²) in [5, 5.41) is 9.43. The van der Waals surface area contributed by atoms with Gasteiger partial charge in [-0.3, -0.25) is 0 Å². The van der Waals surface area contributed by atoms with Crippen LogP contribution in [0.4, 0.5) is 5.69 Å². The first-order valence-corrected chi connectivity index (χ1v) is 9.50. The lowest BCUT2D eigenvalue weighted by Crippen LogP contribution is -2.31. The Morgan fingerprint density at radius 3 is 2.78 bits per heavy atom. The summed E-state index contributed by atoms with van der Waals surface area (Å²) in [6.45, 7) is 3.99. The van der Waals surface area contributed by atoms with Gasteiger partial charge < -0.3 is 19.8 Å². The third kappa shape index (κ3) is 3.59. The Morgan fingerprint density at radius 1 is 1.30 bits per heavy atom. The average Bonchev–Trinajstić information content (AvgIpc) is 2.94. The molecule has 140 valence electrons. The van der Waals surface area contributed by atoms with Crippen molar-refractivity contribution in [3.63, 3.8) is 0 Å². The van der Waals surface area contributed by atoms with Crippen molar-refractivity contribution in [2.45, 2.75) is 26.3 Å². The van der Waals surface area contributed by atoms with Crippen LogP contribution in [0.1, 0.15) is 30.9 Å². The van der Waals surface area contributed by atoms with Gasteiger partial charge in [-0.1, -0.05) is 31.5 Å². The highest BCUT2D eigenvalue weighted by atomic mass is 32.1. The summed E-state index contributed by atoms with van der Waals surface area (Å²) in [6.07, 6.45) is 3.96. The third-order valence-electron chi connectivity index (χ3n) is 4.80. The normalized spacial score (nSPS) is 10.9. The van der Waals surface area contributed by atoms with E-state index in [1.807, 2.05) is 41.9 Å².